The van der Waals surface area contributed by atoms with E-state index in [-0.39, 0.29) is 5.56 Å². The lowest BCUT2D eigenvalue weighted by Crippen LogP contribution is -2.30. The summed E-state index contributed by atoms with van der Waals surface area (Å²) < 4.78 is 3.75. The number of rotatable bonds is 8. The van der Waals surface area contributed by atoms with Crippen molar-refractivity contribution in [1.82, 2.24) is 19.2 Å². The molecule has 0 radical (unpaired) electrons. The Labute approximate surface area is 191 Å². The van der Waals surface area contributed by atoms with Crippen LogP contribution in [0.25, 0.3) is 10.9 Å². The van der Waals surface area contributed by atoms with Gasteiger partial charge in [0, 0.05) is 41.0 Å². The molecule has 0 amide bonds. The highest BCUT2D eigenvalue weighted by atomic mass is 35.5. The first kappa shape index (κ1) is 21.7. The summed E-state index contributed by atoms with van der Waals surface area (Å²) in [5.74, 6) is 0. The number of likely N-dealkylation sites (N-methyl/N-ethyl adjacent to an activating group) is 1. The number of fused-ring (bicyclic) bond motifs is 1. The molecule has 4 rings (SSSR count). The summed E-state index contributed by atoms with van der Waals surface area (Å²) in [7, 11) is 2.03. The van der Waals surface area contributed by atoms with Crippen LogP contribution in [0.15, 0.2) is 76.7 Å². The summed E-state index contributed by atoms with van der Waals surface area (Å²) in [6.45, 7) is 2.59. The third kappa shape index (κ3) is 5.03. The highest BCUT2D eigenvalue weighted by Crippen LogP contribution is 2.24. The smallest absolute Gasteiger partial charge is 0.255 e. The molecule has 0 unspecified atom stereocenters. The van der Waals surface area contributed by atoms with Gasteiger partial charge in [-0.15, -0.1) is 11.8 Å². The molecule has 160 valence electrons. The first-order valence-corrected chi connectivity index (χ1v) is 11.8. The van der Waals surface area contributed by atoms with E-state index in [2.05, 4.69) is 28.2 Å². The van der Waals surface area contributed by atoms with Crippen molar-refractivity contribution in [2.24, 2.45) is 0 Å². The zero-order chi connectivity index (χ0) is 21.8. The van der Waals surface area contributed by atoms with Crippen LogP contribution < -0.4 is 5.56 Å². The molecule has 31 heavy (non-hydrogen) atoms. The summed E-state index contributed by atoms with van der Waals surface area (Å²) in [5, 5.41) is 5.98. The highest BCUT2D eigenvalue weighted by Gasteiger charge is 2.13. The number of benzene rings is 2. The van der Waals surface area contributed by atoms with Crippen molar-refractivity contribution >= 4 is 34.3 Å². The van der Waals surface area contributed by atoms with Gasteiger partial charge in [-0.2, -0.15) is 5.10 Å². The van der Waals surface area contributed by atoms with E-state index in [1.807, 2.05) is 65.1 Å². The van der Waals surface area contributed by atoms with Gasteiger partial charge in [-0.3, -0.25) is 9.48 Å². The highest BCUT2D eigenvalue weighted by molar-refractivity contribution is 7.98. The molecule has 7 heteroatoms. The van der Waals surface area contributed by atoms with Crippen molar-refractivity contribution in [2.45, 2.75) is 24.5 Å². The predicted molar refractivity (Wildman–Crippen MR) is 129 cm³/mol. The van der Waals surface area contributed by atoms with Crippen LogP contribution in [0.1, 0.15) is 11.1 Å². The Kier molecular flexibility index (Phi) is 6.80. The second-order valence-electron chi connectivity index (χ2n) is 7.58. The number of nitrogens with zero attached hydrogens (tertiary/aromatic N) is 4. The SMILES string of the molecule is CSc1ccc2cc(CN(C)CCn3cccn3)c(=O)n(Cc3ccccc3Cl)c2c1. The molecule has 0 spiro atoms. The number of halogens is 1. The number of aromatic nitrogens is 3. The first-order chi connectivity index (χ1) is 15.0. The lowest BCUT2D eigenvalue weighted by molar-refractivity contribution is 0.303. The minimum Gasteiger partial charge on any atom is -0.303 e. The molecule has 0 saturated heterocycles. The van der Waals surface area contributed by atoms with Gasteiger partial charge in [0.25, 0.3) is 5.56 Å². The monoisotopic (exact) mass is 452 g/mol. The van der Waals surface area contributed by atoms with Crippen LogP contribution in [0, 0.1) is 0 Å². The predicted octanol–water partition coefficient (Wildman–Crippen LogP) is 4.75. The quantitative estimate of drug-likeness (QED) is 0.362. The van der Waals surface area contributed by atoms with Gasteiger partial charge in [0.15, 0.2) is 0 Å². The van der Waals surface area contributed by atoms with Gasteiger partial charge < -0.3 is 9.47 Å². The van der Waals surface area contributed by atoms with E-state index in [1.54, 1.807) is 18.0 Å². The second-order valence-corrected chi connectivity index (χ2v) is 8.87. The molecule has 2 aromatic carbocycles. The van der Waals surface area contributed by atoms with Gasteiger partial charge in [-0.25, -0.2) is 0 Å². The Morgan fingerprint density at radius 3 is 2.68 bits per heavy atom. The molecule has 5 nitrogen and oxygen atoms in total. The molecule has 0 aliphatic carbocycles. The summed E-state index contributed by atoms with van der Waals surface area (Å²) in [5.41, 5.74) is 2.67. The number of hydrogen-bond acceptors (Lipinski definition) is 4. The minimum absolute atomic E-state index is 0.0246. The van der Waals surface area contributed by atoms with Gasteiger partial charge in [-0.1, -0.05) is 35.9 Å². The van der Waals surface area contributed by atoms with E-state index in [4.69, 9.17) is 11.6 Å². The summed E-state index contributed by atoms with van der Waals surface area (Å²) >= 11 is 8.08. The van der Waals surface area contributed by atoms with Crippen LogP contribution in [0.5, 0.6) is 0 Å². The molecule has 0 saturated carbocycles. The van der Waals surface area contributed by atoms with Crippen molar-refractivity contribution in [3.8, 4) is 0 Å². The molecule has 0 aliphatic rings. The normalized spacial score (nSPS) is 11.5. The second kappa shape index (κ2) is 9.73. The maximum absolute atomic E-state index is 13.5. The molecular weight excluding hydrogens is 428 g/mol. The van der Waals surface area contributed by atoms with Gasteiger partial charge in [-0.05, 0) is 54.6 Å². The molecule has 0 bridgehead atoms. The van der Waals surface area contributed by atoms with Crippen LogP contribution in [0.3, 0.4) is 0 Å². The van der Waals surface area contributed by atoms with E-state index >= 15 is 0 Å². The van der Waals surface area contributed by atoms with Crippen molar-refractivity contribution in [1.29, 1.82) is 0 Å². The van der Waals surface area contributed by atoms with E-state index < -0.39 is 0 Å². The van der Waals surface area contributed by atoms with E-state index in [0.29, 0.717) is 18.1 Å². The maximum atomic E-state index is 13.5. The van der Waals surface area contributed by atoms with Crippen molar-refractivity contribution < 1.29 is 0 Å². The van der Waals surface area contributed by atoms with Crippen molar-refractivity contribution in [2.75, 3.05) is 19.8 Å². The Hall–Kier alpha value is -2.54. The summed E-state index contributed by atoms with van der Waals surface area (Å²) in [6, 6.07) is 17.9. The average Bonchev–Trinajstić information content (AvgIpc) is 3.30. The van der Waals surface area contributed by atoms with Crippen LogP contribution in [-0.2, 0) is 19.6 Å². The molecular formula is C24H25ClN4OS. The van der Waals surface area contributed by atoms with Gasteiger partial charge in [0.1, 0.15) is 0 Å². The fourth-order valence-electron chi connectivity index (χ4n) is 3.68. The number of thioether (sulfide) groups is 1. The summed E-state index contributed by atoms with van der Waals surface area (Å²) in [6.07, 6.45) is 5.77. The number of hydrogen-bond donors (Lipinski definition) is 0. The van der Waals surface area contributed by atoms with Gasteiger partial charge in [0.2, 0.25) is 0 Å². The Balaban J connectivity index is 1.70. The fraction of sp³-hybridized carbons (Fsp3) is 0.250. The Morgan fingerprint density at radius 1 is 1.10 bits per heavy atom. The molecule has 0 N–H and O–H groups in total. The molecule has 2 aromatic heterocycles. The zero-order valence-electron chi connectivity index (χ0n) is 17.7. The Bertz CT molecular complexity index is 1240. The average molecular weight is 453 g/mol. The maximum Gasteiger partial charge on any atom is 0.255 e. The van der Waals surface area contributed by atoms with Crippen LogP contribution in [0.2, 0.25) is 5.02 Å². The third-order valence-corrected chi connectivity index (χ3v) is 6.47. The third-order valence-electron chi connectivity index (χ3n) is 5.37. The van der Waals surface area contributed by atoms with Crippen LogP contribution >= 0.6 is 23.4 Å². The largest absolute Gasteiger partial charge is 0.303 e. The van der Waals surface area contributed by atoms with Crippen molar-refractivity contribution in [3.63, 3.8) is 0 Å². The van der Waals surface area contributed by atoms with Gasteiger partial charge >= 0.3 is 0 Å². The van der Waals surface area contributed by atoms with Crippen LogP contribution in [-0.4, -0.2) is 39.1 Å². The van der Waals surface area contributed by atoms with E-state index in [1.165, 1.54) is 0 Å². The molecule has 4 aromatic rings. The van der Waals surface area contributed by atoms with Crippen LogP contribution in [0.4, 0.5) is 0 Å². The Morgan fingerprint density at radius 2 is 1.94 bits per heavy atom. The molecule has 0 fully saturated rings. The number of pyridine rings is 1. The minimum atomic E-state index is 0.0246. The molecule has 0 aliphatic heterocycles. The lowest BCUT2D eigenvalue weighted by Gasteiger charge is -2.19. The van der Waals surface area contributed by atoms with Gasteiger partial charge in [0.05, 0.1) is 18.6 Å². The zero-order valence-corrected chi connectivity index (χ0v) is 19.2. The standard InChI is InChI=1S/C24H25ClN4OS/c1-27(12-13-28-11-5-10-26-28)16-20-14-18-8-9-21(31-2)15-23(18)29(24(20)30)17-19-6-3-4-7-22(19)25/h3-11,14-15H,12-13,16-17H2,1-2H3. The van der Waals surface area contributed by atoms with E-state index in [9.17, 15) is 4.79 Å². The summed E-state index contributed by atoms with van der Waals surface area (Å²) in [4.78, 5) is 16.8. The first-order valence-electron chi connectivity index (χ1n) is 10.1. The molecule has 0 atom stereocenters. The van der Waals surface area contributed by atoms with E-state index in [0.717, 1.165) is 40.0 Å². The topological polar surface area (TPSA) is 43.1 Å². The van der Waals surface area contributed by atoms with Crippen molar-refractivity contribution in [3.05, 3.63) is 93.5 Å². The lowest BCUT2D eigenvalue weighted by atomic mass is 10.1. The fourth-order valence-corrected chi connectivity index (χ4v) is 4.31. The molecule has 2 heterocycles.